The van der Waals surface area contributed by atoms with Gasteiger partial charge < -0.3 is 26.0 Å². The molecule has 12 heteroatoms. The molecule has 3 aromatic rings. The molecule has 0 saturated carbocycles. The fourth-order valence-corrected chi connectivity index (χ4v) is 4.03. The van der Waals surface area contributed by atoms with Gasteiger partial charge in [0.05, 0.1) is 36.5 Å². The zero-order valence-electron chi connectivity index (χ0n) is 22.0. The number of carbonyl (C=O) groups excluding carboxylic acids is 1. The second kappa shape index (κ2) is 11.2. The summed E-state index contributed by atoms with van der Waals surface area (Å²) in [6.45, 7) is 12.4. The van der Waals surface area contributed by atoms with Gasteiger partial charge in [0.2, 0.25) is 5.95 Å². The molecule has 2 aromatic heterocycles. The van der Waals surface area contributed by atoms with Crippen LogP contribution in [0.4, 0.5) is 23.1 Å². The number of aromatic nitrogens is 4. The largest absolute Gasteiger partial charge is 0.382 e. The molecule has 4 rings (SSSR count). The quantitative estimate of drug-likeness (QED) is 0.305. The van der Waals surface area contributed by atoms with Crippen LogP contribution < -0.4 is 21.3 Å². The predicted molar refractivity (Wildman–Crippen MR) is 151 cm³/mol. The molecule has 38 heavy (non-hydrogen) atoms. The lowest BCUT2D eigenvalue weighted by Gasteiger charge is -2.27. The topological polar surface area (TPSA) is 136 Å². The first-order valence-corrected chi connectivity index (χ1v) is 12.5. The molecule has 3 heterocycles. The Morgan fingerprint density at radius 1 is 1.24 bits per heavy atom. The Balaban J connectivity index is 1.63. The molecule has 0 bridgehead atoms. The molecule has 0 unspecified atom stereocenters. The van der Waals surface area contributed by atoms with Gasteiger partial charge in [0.25, 0.3) is 5.91 Å². The Labute approximate surface area is 226 Å². The summed E-state index contributed by atoms with van der Waals surface area (Å²) < 4.78 is 7.05. The van der Waals surface area contributed by atoms with Crippen molar-refractivity contribution in [1.82, 2.24) is 19.7 Å². The van der Waals surface area contributed by atoms with E-state index in [1.807, 2.05) is 11.0 Å². The van der Waals surface area contributed by atoms with Gasteiger partial charge in [-0.3, -0.25) is 9.48 Å². The Kier molecular flexibility index (Phi) is 7.98. The second-order valence-corrected chi connectivity index (χ2v) is 10.3. The molecule has 200 valence electrons. The number of aryl methyl sites for hydroxylation is 1. The third-order valence-corrected chi connectivity index (χ3v) is 6.07. The molecular formula is C26H32ClN9O2. The molecule has 0 atom stereocenters. The summed E-state index contributed by atoms with van der Waals surface area (Å²) in [6, 6.07) is 6.66. The van der Waals surface area contributed by atoms with Crippen LogP contribution in [0.15, 0.2) is 48.2 Å². The number of halogens is 1. The average molecular weight is 538 g/mol. The molecule has 0 spiro atoms. The van der Waals surface area contributed by atoms with Crippen molar-refractivity contribution >= 4 is 46.5 Å². The van der Waals surface area contributed by atoms with Crippen molar-refractivity contribution in [3.8, 4) is 0 Å². The molecule has 4 N–H and O–H groups in total. The van der Waals surface area contributed by atoms with Gasteiger partial charge >= 0.3 is 0 Å². The normalized spacial score (nSPS) is 14.3. The fraction of sp³-hybridized carbons (Fsp3) is 0.346. The van der Waals surface area contributed by atoms with Gasteiger partial charge in [-0.15, -0.1) is 0 Å². The van der Waals surface area contributed by atoms with Crippen molar-refractivity contribution in [2.45, 2.75) is 26.2 Å². The molecule has 1 aromatic carbocycles. The minimum atomic E-state index is -0.350. The third-order valence-electron chi connectivity index (χ3n) is 5.85. The number of nitrogens with zero attached hydrogens (tertiary/aromatic N) is 6. The van der Waals surface area contributed by atoms with Crippen LogP contribution in [-0.4, -0.2) is 57.8 Å². The number of amidine groups is 1. The molecule has 11 nitrogen and oxygen atoms in total. The van der Waals surface area contributed by atoms with Crippen LogP contribution in [0.25, 0.3) is 0 Å². The van der Waals surface area contributed by atoms with E-state index < -0.39 is 0 Å². The number of nitrogens with two attached hydrogens (primary N) is 1. The van der Waals surface area contributed by atoms with E-state index in [0.29, 0.717) is 65.7 Å². The van der Waals surface area contributed by atoms with Crippen LogP contribution in [0.5, 0.6) is 0 Å². The lowest BCUT2D eigenvalue weighted by molar-refractivity contribution is 0.102. The summed E-state index contributed by atoms with van der Waals surface area (Å²) in [7, 11) is 1.78. The number of ether oxygens (including phenoxy) is 1. The minimum Gasteiger partial charge on any atom is -0.382 e. The van der Waals surface area contributed by atoms with E-state index in [1.54, 1.807) is 36.1 Å². The van der Waals surface area contributed by atoms with Crippen LogP contribution in [0.2, 0.25) is 5.02 Å². The van der Waals surface area contributed by atoms with Gasteiger partial charge in [0.15, 0.2) is 5.84 Å². The van der Waals surface area contributed by atoms with Crippen LogP contribution in [0, 0.1) is 0 Å². The molecular weight excluding hydrogens is 506 g/mol. The van der Waals surface area contributed by atoms with Gasteiger partial charge in [-0.05, 0) is 24.4 Å². The predicted octanol–water partition coefficient (Wildman–Crippen LogP) is 3.84. The van der Waals surface area contributed by atoms with E-state index in [4.69, 9.17) is 22.1 Å². The van der Waals surface area contributed by atoms with Crippen LogP contribution >= 0.6 is 11.6 Å². The first kappa shape index (κ1) is 27.1. The number of morpholine rings is 1. The SMILES string of the molecule is C=CNc1cnc(N2CCOCC2)nc1C(N)=Nc1cc(Cl)cc(C(=O)Nc2cc(C(C)(C)C)nn2C)c1. The minimum absolute atomic E-state index is 0.126. The van der Waals surface area contributed by atoms with Crippen molar-refractivity contribution in [2.75, 3.05) is 41.8 Å². The van der Waals surface area contributed by atoms with Gasteiger partial charge in [0, 0.05) is 42.2 Å². The number of amides is 1. The zero-order chi connectivity index (χ0) is 27.4. The number of benzene rings is 1. The summed E-state index contributed by atoms with van der Waals surface area (Å²) >= 11 is 6.35. The van der Waals surface area contributed by atoms with Crippen molar-refractivity contribution < 1.29 is 9.53 Å². The van der Waals surface area contributed by atoms with Crippen molar-refractivity contribution in [3.63, 3.8) is 0 Å². The highest BCUT2D eigenvalue weighted by atomic mass is 35.5. The highest BCUT2D eigenvalue weighted by Gasteiger charge is 2.21. The van der Waals surface area contributed by atoms with Crippen LogP contribution in [0.1, 0.15) is 42.5 Å². The Morgan fingerprint density at radius 3 is 2.63 bits per heavy atom. The molecule has 0 radical (unpaired) electrons. The van der Waals surface area contributed by atoms with E-state index in [-0.39, 0.29) is 17.2 Å². The molecule has 1 aliphatic rings. The zero-order valence-corrected chi connectivity index (χ0v) is 22.7. The van der Waals surface area contributed by atoms with Gasteiger partial charge in [0.1, 0.15) is 11.5 Å². The number of hydrogen-bond acceptors (Lipinski definition) is 8. The highest BCUT2D eigenvalue weighted by Crippen LogP contribution is 2.26. The van der Waals surface area contributed by atoms with Gasteiger partial charge in [-0.2, -0.15) is 5.10 Å². The van der Waals surface area contributed by atoms with Gasteiger partial charge in [-0.25, -0.2) is 15.0 Å². The lowest BCUT2D eigenvalue weighted by Crippen LogP contribution is -2.37. The first-order chi connectivity index (χ1) is 18.0. The summed E-state index contributed by atoms with van der Waals surface area (Å²) in [5, 5.41) is 10.7. The number of anilines is 3. The van der Waals surface area contributed by atoms with Crippen LogP contribution in [-0.2, 0) is 17.2 Å². The fourth-order valence-electron chi connectivity index (χ4n) is 3.80. The maximum atomic E-state index is 13.1. The first-order valence-electron chi connectivity index (χ1n) is 12.1. The maximum absolute atomic E-state index is 13.1. The van der Waals surface area contributed by atoms with Crippen molar-refractivity contribution in [2.24, 2.45) is 17.8 Å². The average Bonchev–Trinajstić information content (AvgIpc) is 3.25. The van der Waals surface area contributed by atoms with E-state index in [1.165, 1.54) is 6.20 Å². The molecule has 0 aliphatic carbocycles. The monoisotopic (exact) mass is 537 g/mol. The number of carbonyl (C=O) groups is 1. The molecule has 1 saturated heterocycles. The Hall–Kier alpha value is -3.96. The van der Waals surface area contributed by atoms with E-state index in [0.717, 1.165) is 5.69 Å². The van der Waals surface area contributed by atoms with E-state index in [2.05, 4.69) is 58.0 Å². The Bertz CT molecular complexity index is 1370. The number of hydrogen-bond donors (Lipinski definition) is 3. The Morgan fingerprint density at radius 2 is 1.97 bits per heavy atom. The number of nitrogens with one attached hydrogen (secondary N) is 2. The standard InChI is InChI=1S/C26H32ClN9O2/c1-6-29-19-15-30-25(36-7-9-38-10-8-36)33-22(19)23(28)31-18-12-16(11-17(27)13-18)24(37)32-21-14-20(26(2,3)4)34-35(21)5/h6,11-15,29H,1,7-10H2,2-5H3,(H2,28,31)(H,32,37). The summed E-state index contributed by atoms with van der Waals surface area (Å²) in [5.74, 6) is 0.868. The second-order valence-electron chi connectivity index (χ2n) is 9.82. The summed E-state index contributed by atoms with van der Waals surface area (Å²) in [5.41, 5.74) is 8.79. The lowest BCUT2D eigenvalue weighted by atomic mass is 9.92. The van der Waals surface area contributed by atoms with Gasteiger partial charge in [-0.1, -0.05) is 39.0 Å². The summed E-state index contributed by atoms with van der Waals surface area (Å²) in [6.07, 6.45) is 3.14. The third kappa shape index (κ3) is 6.29. The number of rotatable bonds is 7. The molecule has 1 amide bonds. The van der Waals surface area contributed by atoms with Crippen molar-refractivity contribution in [3.05, 3.63) is 65.2 Å². The van der Waals surface area contributed by atoms with Crippen molar-refractivity contribution in [1.29, 1.82) is 0 Å². The van der Waals surface area contributed by atoms with E-state index in [9.17, 15) is 4.79 Å². The number of aliphatic imine (C=N–C) groups is 1. The summed E-state index contributed by atoms with van der Waals surface area (Å²) in [4.78, 5) is 28.7. The van der Waals surface area contributed by atoms with Crippen LogP contribution in [0.3, 0.4) is 0 Å². The van der Waals surface area contributed by atoms with E-state index >= 15 is 0 Å². The molecule has 1 fully saturated rings. The highest BCUT2D eigenvalue weighted by molar-refractivity contribution is 6.31. The molecule has 1 aliphatic heterocycles. The maximum Gasteiger partial charge on any atom is 0.256 e. The smallest absolute Gasteiger partial charge is 0.256 e.